The van der Waals surface area contributed by atoms with Gasteiger partial charge in [0.25, 0.3) is 0 Å². The molecule has 1 atom stereocenters. The van der Waals surface area contributed by atoms with Crippen molar-refractivity contribution in [2.75, 3.05) is 0 Å². The first kappa shape index (κ1) is 10.7. The molecule has 3 nitrogen and oxygen atoms in total. The second-order valence-corrected chi connectivity index (χ2v) is 4.51. The second-order valence-electron chi connectivity index (χ2n) is 2.10. The van der Waals surface area contributed by atoms with Crippen LogP contribution in [0, 0.1) is 0 Å². The molecule has 0 saturated carbocycles. The molecule has 0 heterocycles. The number of aliphatic carboxylic acids is 1. The van der Waals surface area contributed by atoms with Crippen LogP contribution < -0.4 is 5.73 Å². The third-order valence-corrected chi connectivity index (χ3v) is 3.22. The minimum atomic E-state index is -0.903. The first-order valence-corrected chi connectivity index (χ1v) is 5.77. The first-order valence-electron chi connectivity index (χ1n) is 3.35. The van der Waals surface area contributed by atoms with Crippen molar-refractivity contribution in [1.29, 1.82) is 0 Å². The summed E-state index contributed by atoms with van der Waals surface area (Å²) in [4.78, 5) is 10.2. The van der Waals surface area contributed by atoms with Gasteiger partial charge in [-0.3, -0.25) is 0 Å². The zero-order valence-electron chi connectivity index (χ0n) is 6.32. The van der Waals surface area contributed by atoms with E-state index in [1.54, 1.807) is 0 Å². The van der Waals surface area contributed by atoms with Gasteiger partial charge in [0, 0.05) is 0 Å². The molecule has 0 aliphatic rings. The molecule has 0 bridgehead atoms. The molecule has 0 amide bonds. The van der Waals surface area contributed by atoms with E-state index in [0.29, 0.717) is 21.4 Å². The molecule has 0 saturated heterocycles. The predicted octanol–water partition coefficient (Wildman–Crippen LogP) is 0.515. The van der Waals surface area contributed by atoms with Gasteiger partial charge in [-0.15, -0.1) is 0 Å². The van der Waals surface area contributed by atoms with Crippen molar-refractivity contribution in [2.24, 2.45) is 5.73 Å². The van der Waals surface area contributed by atoms with Crippen molar-refractivity contribution >= 4 is 20.9 Å². The average molecular weight is 222 g/mol. The van der Waals surface area contributed by atoms with Crippen LogP contribution in [-0.2, 0) is 4.79 Å². The Balaban J connectivity index is 3.24. The molecule has 0 spiro atoms. The maximum absolute atomic E-state index is 10.2. The summed E-state index contributed by atoms with van der Waals surface area (Å²) < 4.78 is 0. The number of carbonyl (C=O) groups is 1. The molecule has 0 unspecified atom stereocenters. The summed E-state index contributed by atoms with van der Waals surface area (Å²) in [5.74, 6) is -0.903. The van der Waals surface area contributed by atoms with Gasteiger partial charge in [0.1, 0.15) is 0 Å². The van der Waals surface area contributed by atoms with Crippen LogP contribution in [0.25, 0.3) is 0 Å². The molecule has 4 heteroatoms. The van der Waals surface area contributed by atoms with Crippen LogP contribution in [0.2, 0.25) is 10.6 Å². The van der Waals surface area contributed by atoms with Gasteiger partial charge in [0.05, 0.1) is 0 Å². The fraction of sp³-hybridized carbons (Fsp3) is 0.571. The number of rotatable bonds is 6. The van der Waals surface area contributed by atoms with Crippen LogP contribution in [0.1, 0.15) is 6.42 Å². The van der Waals surface area contributed by atoms with E-state index in [1.807, 2.05) is 6.08 Å². The van der Waals surface area contributed by atoms with Crippen molar-refractivity contribution in [1.82, 2.24) is 0 Å². The van der Waals surface area contributed by atoms with E-state index in [2.05, 4.69) is 6.58 Å². The monoisotopic (exact) mass is 223 g/mol. The van der Waals surface area contributed by atoms with Gasteiger partial charge in [0.15, 0.2) is 0 Å². The molecule has 0 aromatic heterocycles. The van der Waals surface area contributed by atoms with Gasteiger partial charge in [-0.25, -0.2) is 0 Å². The second kappa shape index (κ2) is 6.40. The minimum absolute atomic E-state index is 0.481. The number of allylic oxidation sites excluding steroid dienone is 1. The number of hydrogen-bond acceptors (Lipinski definition) is 2. The molecule has 0 aliphatic heterocycles. The van der Waals surface area contributed by atoms with Crippen LogP contribution in [0.3, 0.4) is 0 Å². The fourth-order valence-electron chi connectivity index (χ4n) is 0.500. The van der Waals surface area contributed by atoms with Gasteiger partial charge >= 0.3 is 72.3 Å². The summed E-state index contributed by atoms with van der Waals surface area (Å²) in [7, 11) is 0. The first-order chi connectivity index (χ1) is 5.18. The zero-order valence-corrected chi connectivity index (χ0v) is 8.04. The van der Waals surface area contributed by atoms with E-state index < -0.39 is 12.0 Å². The standard InChI is InChI=1S/C7H13NO2Se/c1-2-4-11-5-3-6(8)7(9)10/h2,6H,1,3-5,8H2,(H,9,10)/t6-/m0/s1. The summed E-state index contributed by atoms with van der Waals surface area (Å²) in [6, 6.07) is -0.679. The Morgan fingerprint density at radius 3 is 2.91 bits per heavy atom. The van der Waals surface area contributed by atoms with E-state index in [1.165, 1.54) is 0 Å². The van der Waals surface area contributed by atoms with E-state index in [0.717, 1.165) is 10.6 Å². The van der Waals surface area contributed by atoms with Crippen LogP contribution in [0.5, 0.6) is 0 Å². The molecule has 0 aliphatic carbocycles. The molecular formula is C7H13NO2Se. The topological polar surface area (TPSA) is 63.3 Å². The summed E-state index contributed by atoms with van der Waals surface area (Å²) in [5, 5.41) is 10.3. The van der Waals surface area contributed by atoms with Crippen LogP contribution >= 0.6 is 0 Å². The van der Waals surface area contributed by atoms with Gasteiger partial charge < -0.3 is 0 Å². The third-order valence-electron chi connectivity index (χ3n) is 1.13. The molecule has 0 aromatic carbocycles. The van der Waals surface area contributed by atoms with E-state index in [-0.39, 0.29) is 0 Å². The Bertz CT molecular complexity index is 138. The van der Waals surface area contributed by atoms with Crippen LogP contribution in [0.15, 0.2) is 12.7 Å². The van der Waals surface area contributed by atoms with Gasteiger partial charge in [-0.05, 0) is 0 Å². The van der Waals surface area contributed by atoms with Crippen LogP contribution in [0.4, 0.5) is 0 Å². The number of carboxylic acid groups (broad SMARTS) is 1. The average Bonchev–Trinajstić information content (AvgIpc) is 1.97. The van der Waals surface area contributed by atoms with E-state index in [9.17, 15) is 4.79 Å². The third kappa shape index (κ3) is 6.10. The summed E-state index contributed by atoms with van der Waals surface area (Å²) >= 11 is 0.481. The molecule has 0 radical (unpaired) electrons. The molecule has 11 heavy (non-hydrogen) atoms. The zero-order chi connectivity index (χ0) is 8.69. The van der Waals surface area contributed by atoms with Gasteiger partial charge in [-0.1, -0.05) is 0 Å². The maximum atomic E-state index is 10.2. The number of carboxylic acids is 1. The Morgan fingerprint density at radius 2 is 2.45 bits per heavy atom. The Kier molecular flexibility index (Phi) is 6.22. The quantitative estimate of drug-likeness (QED) is 0.391. The molecular weight excluding hydrogens is 209 g/mol. The SMILES string of the molecule is C=CC[Se]CC[C@H](N)C(=O)O. The normalized spacial score (nSPS) is 12.5. The predicted molar refractivity (Wildman–Crippen MR) is 45.8 cm³/mol. The molecule has 0 rings (SSSR count). The fourth-order valence-corrected chi connectivity index (χ4v) is 2.08. The number of hydrogen-bond donors (Lipinski definition) is 2. The molecule has 3 N–H and O–H groups in total. The summed E-state index contributed by atoms with van der Waals surface area (Å²) in [5.41, 5.74) is 5.28. The van der Waals surface area contributed by atoms with Crippen molar-refractivity contribution < 1.29 is 9.90 Å². The molecule has 0 fully saturated rings. The van der Waals surface area contributed by atoms with Gasteiger partial charge in [-0.2, -0.15) is 0 Å². The van der Waals surface area contributed by atoms with Crippen molar-refractivity contribution in [3.8, 4) is 0 Å². The van der Waals surface area contributed by atoms with E-state index >= 15 is 0 Å². The molecule has 0 aromatic rings. The Morgan fingerprint density at radius 1 is 1.82 bits per heavy atom. The van der Waals surface area contributed by atoms with Crippen molar-refractivity contribution in [3.05, 3.63) is 12.7 Å². The van der Waals surface area contributed by atoms with Crippen molar-refractivity contribution in [2.45, 2.75) is 23.1 Å². The number of nitrogens with two attached hydrogens (primary N) is 1. The van der Waals surface area contributed by atoms with Crippen LogP contribution in [-0.4, -0.2) is 32.1 Å². The summed E-state index contributed by atoms with van der Waals surface area (Å²) in [6.45, 7) is 3.58. The summed E-state index contributed by atoms with van der Waals surface area (Å²) in [6.07, 6.45) is 2.44. The Labute approximate surface area is 72.8 Å². The van der Waals surface area contributed by atoms with Crippen molar-refractivity contribution in [3.63, 3.8) is 0 Å². The molecule has 64 valence electrons. The Hall–Kier alpha value is -0.311. The van der Waals surface area contributed by atoms with E-state index in [4.69, 9.17) is 10.8 Å². The van der Waals surface area contributed by atoms with Gasteiger partial charge in [0.2, 0.25) is 0 Å².